The van der Waals surface area contributed by atoms with E-state index in [-0.39, 0.29) is 0 Å². The average Bonchev–Trinajstić information content (AvgIpc) is 3.16. The van der Waals surface area contributed by atoms with Gasteiger partial charge in [0.05, 0.1) is 34.1 Å². The van der Waals surface area contributed by atoms with Crippen LogP contribution in [0.15, 0.2) is 52.8 Å². The molecule has 3 rings (SSSR count). The van der Waals surface area contributed by atoms with Crippen molar-refractivity contribution in [1.29, 1.82) is 5.26 Å². The van der Waals surface area contributed by atoms with Crippen molar-refractivity contribution < 1.29 is 4.74 Å². The number of hydrogen-bond acceptors (Lipinski definition) is 5. The molecule has 0 amide bonds. The molecule has 0 fully saturated rings. The summed E-state index contributed by atoms with van der Waals surface area (Å²) in [7, 11) is 0. The summed E-state index contributed by atoms with van der Waals surface area (Å²) in [5.74, 6) is 0.279. The summed E-state index contributed by atoms with van der Waals surface area (Å²) < 4.78 is 5.45. The van der Waals surface area contributed by atoms with E-state index < -0.39 is 5.92 Å². The Morgan fingerprint density at radius 1 is 1.22 bits per heavy atom. The zero-order chi connectivity index (χ0) is 19.2. The zero-order valence-corrected chi connectivity index (χ0v) is 16.7. The summed E-state index contributed by atoms with van der Waals surface area (Å²) in [4.78, 5) is 8.92. The molecular weight excluding hydrogens is 401 g/mol. The predicted molar refractivity (Wildman–Crippen MR) is 112 cm³/mol. The van der Waals surface area contributed by atoms with Gasteiger partial charge in [-0.05, 0) is 49.4 Å². The first-order valence-electron chi connectivity index (χ1n) is 8.18. The zero-order valence-electron chi connectivity index (χ0n) is 14.4. The minimum atomic E-state index is -0.541. The number of hydrogen-bond donors (Lipinski definition) is 0. The van der Waals surface area contributed by atoms with Crippen LogP contribution < -0.4 is 4.74 Å². The van der Waals surface area contributed by atoms with Gasteiger partial charge in [-0.15, -0.1) is 11.3 Å². The van der Waals surface area contributed by atoms with Gasteiger partial charge in [0.15, 0.2) is 0 Å². The van der Waals surface area contributed by atoms with E-state index in [2.05, 4.69) is 16.0 Å². The van der Waals surface area contributed by atoms with Crippen LogP contribution in [-0.4, -0.2) is 17.8 Å². The van der Waals surface area contributed by atoms with Gasteiger partial charge in [-0.3, -0.25) is 4.99 Å². The van der Waals surface area contributed by atoms with Crippen molar-refractivity contribution in [2.75, 3.05) is 6.61 Å². The van der Waals surface area contributed by atoms with E-state index in [0.29, 0.717) is 27.3 Å². The Kier molecular flexibility index (Phi) is 6.46. The lowest BCUT2D eigenvalue weighted by Gasteiger charge is -2.03. The van der Waals surface area contributed by atoms with Crippen molar-refractivity contribution in [3.8, 4) is 23.1 Å². The van der Waals surface area contributed by atoms with E-state index in [4.69, 9.17) is 27.9 Å². The maximum absolute atomic E-state index is 9.49. The Hall–Kier alpha value is -2.39. The van der Waals surface area contributed by atoms with Gasteiger partial charge in [-0.1, -0.05) is 23.2 Å². The van der Waals surface area contributed by atoms with Crippen molar-refractivity contribution in [3.63, 3.8) is 0 Å². The molecule has 0 aliphatic heterocycles. The predicted octanol–water partition coefficient (Wildman–Crippen LogP) is 6.53. The van der Waals surface area contributed by atoms with Gasteiger partial charge < -0.3 is 4.74 Å². The summed E-state index contributed by atoms with van der Waals surface area (Å²) >= 11 is 13.3. The van der Waals surface area contributed by atoms with Gasteiger partial charge in [0.25, 0.3) is 0 Å². The summed E-state index contributed by atoms with van der Waals surface area (Å²) in [6, 6.07) is 15.0. The van der Waals surface area contributed by atoms with Crippen molar-refractivity contribution >= 4 is 46.4 Å². The SMILES string of the molecule is CCOc1ccc(-c2csc(C(C#N)C=Nc3ccc(Cl)c(Cl)c3)n2)cc1. The van der Waals surface area contributed by atoms with E-state index in [9.17, 15) is 5.26 Å². The van der Waals surface area contributed by atoms with Crippen molar-refractivity contribution in [2.45, 2.75) is 12.8 Å². The standard InChI is InChI=1S/C20H15Cl2N3OS/c1-2-26-16-6-3-13(4-7-16)19-12-27-20(25-19)14(10-23)11-24-15-5-8-17(21)18(22)9-15/h3-9,11-12,14H,2H2,1H3. The summed E-state index contributed by atoms with van der Waals surface area (Å²) in [6.45, 7) is 2.57. The number of benzene rings is 2. The van der Waals surface area contributed by atoms with Crippen LogP contribution in [0.2, 0.25) is 10.0 Å². The fraction of sp³-hybridized carbons (Fsp3) is 0.150. The molecule has 0 aliphatic rings. The Labute approximate surface area is 171 Å². The molecule has 7 heteroatoms. The lowest BCUT2D eigenvalue weighted by atomic mass is 10.1. The third-order valence-corrected chi connectivity index (χ3v) is 5.33. The van der Waals surface area contributed by atoms with Gasteiger partial charge in [0, 0.05) is 17.2 Å². The highest BCUT2D eigenvalue weighted by Gasteiger charge is 2.14. The summed E-state index contributed by atoms with van der Waals surface area (Å²) in [5.41, 5.74) is 2.42. The van der Waals surface area contributed by atoms with Crippen molar-refractivity contribution in [3.05, 3.63) is 62.9 Å². The maximum Gasteiger partial charge on any atom is 0.133 e. The van der Waals surface area contributed by atoms with E-state index in [1.807, 2.05) is 36.6 Å². The van der Waals surface area contributed by atoms with Crippen molar-refractivity contribution in [2.24, 2.45) is 4.99 Å². The quantitative estimate of drug-likeness (QED) is 0.430. The highest BCUT2D eigenvalue weighted by molar-refractivity contribution is 7.10. The third kappa shape index (κ3) is 4.86. The van der Waals surface area contributed by atoms with Crippen LogP contribution in [0.25, 0.3) is 11.3 Å². The van der Waals surface area contributed by atoms with Crippen molar-refractivity contribution in [1.82, 2.24) is 4.98 Å². The van der Waals surface area contributed by atoms with E-state index in [1.54, 1.807) is 24.4 Å². The largest absolute Gasteiger partial charge is 0.494 e. The second-order valence-electron chi connectivity index (χ2n) is 5.51. The highest BCUT2D eigenvalue weighted by Crippen LogP contribution is 2.29. The minimum absolute atomic E-state index is 0.423. The Balaban J connectivity index is 1.77. The number of rotatable bonds is 6. The first-order chi connectivity index (χ1) is 13.1. The molecule has 136 valence electrons. The third-order valence-electron chi connectivity index (χ3n) is 3.66. The lowest BCUT2D eigenvalue weighted by Crippen LogP contribution is -1.96. The van der Waals surface area contributed by atoms with Crippen LogP contribution in [0.4, 0.5) is 5.69 Å². The van der Waals surface area contributed by atoms with Crippen LogP contribution in [-0.2, 0) is 0 Å². The molecular formula is C20H15Cl2N3OS. The smallest absolute Gasteiger partial charge is 0.133 e. The molecule has 0 saturated heterocycles. The number of halogens is 2. The lowest BCUT2D eigenvalue weighted by molar-refractivity contribution is 0.340. The molecule has 0 aliphatic carbocycles. The fourth-order valence-corrected chi connectivity index (χ4v) is 3.45. The molecule has 1 atom stereocenters. The molecule has 0 spiro atoms. The molecule has 1 heterocycles. The number of ether oxygens (including phenoxy) is 1. The molecule has 1 unspecified atom stereocenters. The minimum Gasteiger partial charge on any atom is -0.494 e. The number of aromatic nitrogens is 1. The second kappa shape index (κ2) is 9.01. The van der Waals surface area contributed by atoms with Crippen LogP contribution in [0.3, 0.4) is 0 Å². The molecule has 0 bridgehead atoms. The number of aliphatic imine (C=N–C) groups is 1. The van der Waals surface area contributed by atoms with E-state index in [1.165, 1.54) is 11.3 Å². The molecule has 0 N–H and O–H groups in total. The second-order valence-corrected chi connectivity index (χ2v) is 7.22. The van der Waals surface area contributed by atoms with Gasteiger partial charge in [-0.2, -0.15) is 5.26 Å². The summed E-state index contributed by atoms with van der Waals surface area (Å²) in [6.07, 6.45) is 1.57. The van der Waals surface area contributed by atoms with Gasteiger partial charge >= 0.3 is 0 Å². The normalized spacial score (nSPS) is 12.1. The molecule has 4 nitrogen and oxygen atoms in total. The molecule has 0 radical (unpaired) electrons. The van der Waals surface area contributed by atoms with E-state index >= 15 is 0 Å². The summed E-state index contributed by atoms with van der Waals surface area (Å²) in [5, 5.41) is 13.0. The first kappa shape index (κ1) is 19.4. The van der Waals surface area contributed by atoms with Crippen LogP contribution in [0, 0.1) is 11.3 Å². The topological polar surface area (TPSA) is 58.3 Å². The highest BCUT2D eigenvalue weighted by atomic mass is 35.5. The van der Waals surface area contributed by atoms with Gasteiger partial charge in [0.1, 0.15) is 16.7 Å². The fourth-order valence-electron chi connectivity index (χ4n) is 2.33. The molecule has 27 heavy (non-hydrogen) atoms. The Morgan fingerprint density at radius 2 is 2.00 bits per heavy atom. The Bertz CT molecular complexity index is 993. The molecule has 1 aromatic heterocycles. The van der Waals surface area contributed by atoms with Crippen LogP contribution in [0.5, 0.6) is 5.75 Å². The van der Waals surface area contributed by atoms with Gasteiger partial charge in [0.2, 0.25) is 0 Å². The number of nitriles is 1. The van der Waals surface area contributed by atoms with E-state index in [0.717, 1.165) is 17.0 Å². The average molecular weight is 416 g/mol. The maximum atomic E-state index is 9.49. The van der Waals surface area contributed by atoms with Crippen LogP contribution in [0.1, 0.15) is 17.8 Å². The van der Waals surface area contributed by atoms with Crippen LogP contribution >= 0.6 is 34.5 Å². The van der Waals surface area contributed by atoms with Gasteiger partial charge in [-0.25, -0.2) is 4.98 Å². The number of nitrogens with zero attached hydrogens (tertiary/aromatic N) is 3. The molecule has 2 aromatic carbocycles. The Morgan fingerprint density at radius 3 is 2.67 bits per heavy atom. The number of thiazole rings is 1. The molecule has 0 saturated carbocycles. The monoisotopic (exact) mass is 415 g/mol. The first-order valence-corrected chi connectivity index (χ1v) is 9.81. The molecule has 3 aromatic rings.